The van der Waals surface area contributed by atoms with Gasteiger partial charge in [0.05, 0.1) is 30.0 Å². The van der Waals surface area contributed by atoms with E-state index in [-0.39, 0.29) is 34.9 Å². The Balaban J connectivity index is 0.000000385. The van der Waals surface area contributed by atoms with E-state index in [1.165, 1.54) is 18.2 Å². The highest BCUT2D eigenvalue weighted by Gasteiger charge is 2.34. The molecule has 3 heterocycles. The zero-order valence-electron chi connectivity index (χ0n) is 27.5. The van der Waals surface area contributed by atoms with Crippen LogP contribution in [0.3, 0.4) is 0 Å². The van der Waals surface area contributed by atoms with Crippen molar-refractivity contribution in [3.05, 3.63) is 77.9 Å². The SMILES string of the molecule is CC(C)OC(=O)N1CCC([C@H](C)CCOc2cnc(N3C[C@H](c4ccccc4F)[C@@H](N)C3)nc2)CC1.Cc1ccc(S(=O)(=O)O)cc1. The minimum Gasteiger partial charge on any atom is -0.490 e. The molecule has 3 atom stereocenters. The molecule has 2 aliphatic rings. The van der Waals surface area contributed by atoms with Gasteiger partial charge in [0.2, 0.25) is 5.95 Å². The molecule has 0 unspecified atom stereocenters. The molecule has 2 aromatic carbocycles. The van der Waals surface area contributed by atoms with Gasteiger partial charge >= 0.3 is 6.09 Å². The smallest absolute Gasteiger partial charge is 0.410 e. The molecule has 256 valence electrons. The van der Waals surface area contributed by atoms with Crippen LogP contribution >= 0.6 is 0 Å². The topological polar surface area (TPSA) is 148 Å². The molecule has 0 saturated carbocycles. The average molecular weight is 672 g/mol. The van der Waals surface area contributed by atoms with E-state index in [1.54, 1.807) is 36.7 Å². The van der Waals surface area contributed by atoms with Crippen molar-refractivity contribution in [3.8, 4) is 5.75 Å². The highest BCUT2D eigenvalue weighted by molar-refractivity contribution is 7.85. The number of nitrogens with two attached hydrogens (primary N) is 1. The van der Waals surface area contributed by atoms with Crippen molar-refractivity contribution in [1.29, 1.82) is 0 Å². The van der Waals surface area contributed by atoms with Gasteiger partial charge in [-0.25, -0.2) is 19.2 Å². The molecule has 47 heavy (non-hydrogen) atoms. The van der Waals surface area contributed by atoms with Gasteiger partial charge in [-0.1, -0.05) is 42.8 Å². The molecule has 0 spiro atoms. The lowest BCUT2D eigenvalue weighted by Crippen LogP contribution is -2.41. The predicted octanol–water partition coefficient (Wildman–Crippen LogP) is 5.45. The van der Waals surface area contributed by atoms with Crippen molar-refractivity contribution in [2.24, 2.45) is 17.6 Å². The first kappa shape index (κ1) is 36.0. The van der Waals surface area contributed by atoms with Gasteiger partial charge in [-0.05, 0) is 75.6 Å². The summed E-state index contributed by atoms with van der Waals surface area (Å²) >= 11 is 0. The first-order valence-corrected chi connectivity index (χ1v) is 17.4. The van der Waals surface area contributed by atoms with Crippen LogP contribution in [0.15, 0.2) is 65.8 Å². The molecule has 13 heteroatoms. The van der Waals surface area contributed by atoms with Crippen LogP contribution < -0.4 is 15.4 Å². The van der Waals surface area contributed by atoms with Crippen LogP contribution in [-0.4, -0.2) is 78.9 Å². The number of hydrogen-bond donors (Lipinski definition) is 2. The van der Waals surface area contributed by atoms with Crippen molar-refractivity contribution in [3.63, 3.8) is 0 Å². The third-order valence-corrected chi connectivity index (χ3v) is 9.53. The number of rotatable bonds is 9. The molecule has 3 N–H and O–H groups in total. The molecular weight excluding hydrogens is 625 g/mol. The van der Waals surface area contributed by atoms with Gasteiger partial charge in [-0.2, -0.15) is 8.42 Å². The number of nitrogens with zero attached hydrogens (tertiary/aromatic N) is 4. The minimum absolute atomic E-state index is 0.0666. The second-order valence-electron chi connectivity index (χ2n) is 12.6. The predicted molar refractivity (Wildman–Crippen MR) is 178 cm³/mol. The molecule has 1 amide bonds. The lowest BCUT2D eigenvalue weighted by Gasteiger charge is -2.34. The van der Waals surface area contributed by atoms with Crippen molar-refractivity contribution in [2.45, 2.75) is 69.9 Å². The van der Waals surface area contributed by atoms with Crippen molar-refractivity contribution < 1.29 is 31.6 Å². The number of aromatic nitrogens is 2. The van der Waals surface area contributed by atoms with Crippen LogP contribution in [0.1, 0.15) is 57.1 Å². The summed E-state index contributed by atoms with van der Waals surface area (Å²) < 4.78 is 55.0. The molecular formula is C34H46FN5O6S. The van der Waals surface area contributed by atoms with Crippen molar-refractivity contribution in [1.82, 2.24) is 14.9 Å². The van der Waals surface area contributed by atoms with Gasteiger partial charge in [0, 0.05) is 38.1 Å². The highest BCUT2D eigenvalue weighted by Crippen LogP contribution is 2.31. The lowest BCUT2D eigenvalue weighted by atomic mass is 9.84. The van der Waals surface area contributed by atoms with E-state index in [2.05, 4.69) is 16.9 Å². The third kappa shape index (κ3) is 10.3. The number of amides is 1. The number of hydrogen-bond acceptors (Lipinski definition) is 9. The largest absolute Gasteiger partial charge is 0.490 e. The number of carbonyl (C=O) groups is 1. The summed E-state index contributed by atoms with van der Waals surface area (Å²) in [7, 11) is -4.02. The molecule has 11 nitrogen and oxygen atoms in total. The van der Waals surface area contributed by atoms with Gasteiger partial charge in [0.15, 0.2) is 5.75 Å². The van der Waals surface area contributed by atoms with Crippen LogP contribution in [0.4, 0.5) is 15.1 Å². The second kappa shape index (κ2) is 16.3. The van der Waals surface area contributed by atoms with Crippen molar-refractivity contribution >= 4 is 22.2 Å². The number of aryl methyl sites for hydroxylation is 1. The van der Waals surface area contributed by atoms with Gasteiger partial charge in [-0.3, -0.25) is 4.55 Å². The third-order valence-electron chi connectivity index (χ3n) is 8.67. The van der Waals surface area contributed by atoms with E-state index in [1.807, 2.05) is 36.6 Å². The molecule has 1 aromatic heterocycles. The van der Waals surface area contributed by atoms with E-state index in [0.29, 0.717) is 48.8 Å². The average Bonchev–Trinajstić information content (AvgIpc) is 3.42. The van der Waals surface area contributed by atoms with Gasteiger partial charge in [-0.15, -0.1) is 0 Å². The summed E-state index contributed by atoms with van der Waals surface area (Å²) in [6, 6.07) is 12.6. The minimum atomic E-state index is -4.02. The summed E-state index contributed by atoms with van der Waals surface area (Å²) in [6.07, 6.45) is 5.97. The number of ether oxygens (including phenoxy) is 2. The van der Waals surface area contributed by atoms with Gasteiger partial charge < -0.3 is 25.0 Å². The highest BCUT2D eigenvalue weighted by atomic mass is 32.2. The molecule has 5 rings (SSSR count). The number of anilines is 1. The number of piperidine rings is 1. The summed E-state index contributed by atoms with van der Waals surface area (Å²) in [5.74, 6) is 1.95. The molecule has 2 aliphatic heterocycles. The number of benzene rings is 2. The molecule has 0 bridgehead atoms. The molecule has 0 aliphatic carbocycles. The lowest BCUT2D eigenvalue weighted by molar-refractivity contribution is 0.0596. The maximum atomic E-state index is 14.2. The van der Waals surface area contributed by atoms with E-state index >= 15 is 0 Å². The van der Waals surface area contributed by atoms with E-state index < -0.39 is 10.1 Å². The van der Waals surface area contributed by atoms with Crippen LogP contribution in [0.2, 0.25) is 0 Å². The second-order valence-corrected chi connectivity index (χ2v) is 14.0. The first-order valence-electron chi connectivity index (χ1n) is 16.0. The molecule has 2 saturated heterocycles. The normalized spacial score (nSPS) is 19.2. The Morgan fingerprint density at radius 1 is 1.04 bits per heavy atom. The molecule has 2 fully saturated rings. The Bertz CT molecular complexity index is 1550. The Hall–Kier alpha value is -3.81. The van der Waals surface area contributed by atoms with Crippen LogP contribution in [-0.2, 0) is 14.9 Å². The molecule has 0 radical (unpaired) electrons. The summed E-state index contributed by atoms with van der Waals surface area (Å²) in [5, 5.41) is 0. The van der Waals surface area contributed by atoms with Crippen LogP contribution in [0, 0.1) is 24.6 Å². The molecule has 3 aromatic rings. The number of halogens is 1. The monoisotopic (exact) mass is 671 g/mol. The Morgan fingerprint density at radius 2 is 1.68 bits per heavy atom. The fraction of sp³-hybridized carbons (Fsp3) is 0.500. The van der Waals surface area contributed by atoms with Gasteiger partial charge in [0.25, 0.3) is 10.1 Å². The summed E-state index contributed by atoms with van der Waals surface area (Å²) in [5.41, 5.74) is 7.92. The Labute approximate surface area is 277 Å². The summed E-state index contributed by atoms with van der Waals surface area (Å²) in [6.45, 7) is 11.1. The van der Waals surface area contributed by atoms with Crippen molar-refractivity contribution in [2.75, 3.05) is 37.7 Å². The zero-order chi connectivity index (χ0) is 34.1. The fourth-order valence-electron chi connectivity index (χ4n) is 5.88. The van der Waals surface area contributed by atoms with Gasteiger partial charge in [0.1, 0.15) is 5.82 Å². The fourth-order valence-corrected chi connectivity index (χ4v) is 6.36. The van der Waals surface area contributed by atoms with Crippen LogP contribution in [0.25, 0.3) is 0 Å². The summed E-state index contributed by atoms with van der Waals surface area (Å²) in [4.78, 5) is 24.8. The van der Waals surface area contributed by atoms with Crippen LogP contribution in [0.5, 0.6) is 5.75 Å². The Morgan fingerprint density at radius 3 is 2.28 bits per heavy atom. The quantitative estimate of drug-likeness (QED) is 0.281. The first-order chi connectivity index (χ1) is 22.3. The number of carbonyl (C=O) groups excluding carboxylic acids is 1. The maximum Gasteiger partial charge on any atom is 0.410 e. The zero-order valence-corrected chi connectivity index (χ0v) is 28.3. The van der Waals surface area contributed by atoms with E-state index in [9.17, 15) is 17.6 Å². The van der Waals surface area contributed by atoms with E-state index in [4.69, 9.17) is 19.8 Å². The maximum absolute atomic E-state index is 14.2. The number of likely N-dealkylation sites (tertiary alicyclic amines) is 1. The van der Waals surface area contributed by atoms with E-state index in [0.717, 1.165) is 37.9 Å². The standard InChI is InChI=1S/C27H38FN5O3.C7H8O3S/c1-18(2)36-27(34)32-11-8-20(9-12-32)19(3)10-13-35-21-14-30-26(31-15-21)33-16-23(25(29)17-33)22-6-4-5-7-24(22)28;1-6-2-4-7(5-3-6)11(8,9)10/h4-7,14-15,18-20,23,25H,8-13,16-17,29H2,1-3H3;2-5H,1H3,(H,8,9,10)/t19-,23-,25+;/m1./s1. The Kier molecular flexibility index (Phi) is 12.5.